The van der Waals surface area contributed by atoms with Crippen molar-refractivity contribution in [3.63, 3.8) is 0 Å². The van der Waals surface area contributed by atoms with Crippen LogP contribution in [0.5, 0.6) is 0 Å². The van der Waals surface area contributed by atoms with Crippen molar-refractivity contribution in [2.45, 2.75) is 39.5 Å². The molecule has 0 unspecified atom stereocenters. The van der Waals surface area contributed by atoms with Gasteiger partial charge in [-0.1, -0.05) is 39.8 Å². The van der Waals surface area contributed by atoms with E-state index in [0.717, 1.165) is 5.58 Å². The Morgan fingerprint density at radius 3 is 2.20 bits per heavy atom. The van der Waals surface area contributed by atoms with Crippen molar-refractivity contribution < 1.29 is 4.42 Å². The maximum atomic E-state index is 5.60. The molecule has 0 spiro atoms. The van der Waals surface area contributed by atoms with Crippen LogP contribution in [0.15, 0.2) is 28.9 Å². The van der Waals surface area contributed by atoms with Crippen molar-refractivity contribution in [1.29, 1.82) is 0 Å². The Balaban J connectivity index is 2.75. The monoisotopic (exact) mass is 202 g/mol. The van der Waals surface area contributed by atoms with Gasteiger partial charge >= 0.3 is 0 Å². The summed E-state index contributed by atoms with van der Waals surface area (Å²) < 4.78 is 5.60. The zero-order valence-corrected chi connectivity index (χ0v) is 9.87. The molecular formula is C14H18O. The molecule has 1 aromatic heterocycles. The standard InChI is InChI=1S/C14H18O/c1-9(2)11-6-5-7-13-14(11)12(8-15-13)10(3)4/h5-10H,1-4H3. The summed E-state index contributed by atoms with van der Waals surface area (Å²) in [5, 5.41) is 1.32. The van der Waals surface area contributed by atoms with Crippen LogP contribution in [0.3, 0.4) is 0 Å². The first-order chi connectivity index (χ1) is 7.11. The van der Waals surface area contributed by atoms with E-state index in [4.69, 9.17) is 4.42 Å². The van der Waals surface area contributed by atoms with E-state index in [1.54, 1.807) is 0 Å². The molecule has 0 aliphatic carbocycles. The summed E-state index contributed by atoms with van der Waals surface area (Å²) in [5.74, 6) is 1.06. The van der Waals surface area contributed by atoms with Gasteiger partial charge in [0.05, 0.1) is 6.26 Å². The summed E-state index contributed by atoms with van der Waals surface area (Å²) in [4.78, 5) is 0. The van der Waals surface area contributed by atoms with Crippen molar-refractivity contribution in [2.24, 2.45) is 0 Å². The fourth-order valence-corrected chi connectivity index (χ4v) is 2.05. The van der Waals surface area contributed by atoms with Gasteiger partial charge in [0, 0.05) is 10.9 Å². The lowest BCUT2D eigenvalue weighted by Gasteiger charge is -2.09. The average molecular weight is 202 g/mol. The summed E-state index contributed by atoms with van der Waals surface area (Å²) in [7, 11) is 0. The lowest BCUT2D eigenvalue weighted by atomic mass is 9.93. The SMILES string of the molecule is CC(C)c1cccc2occ(C(C)C)c12. The lowest BCUT2D eigenvalue weighted by Crippen LogP contribution is -1.92. The van der Waals surface area contributed by atoms with Gasteiger partial charge in [-0.2, -0.15) is 0 Å². The molecule has 1 heteroatoms. The Kier molecular flexibility index (Phi) is 2.56. The van der Waals surface area contributed by atoms with E-state index < -0.39 is 0 Å². The molecule has 0 radical (unpaired) electrons. The molecule has 1 aromatic carbocycles. The van der Waals surface area contributed by atoms with Crippen molar-refractivity contribution in [1.82, 2.24) is 0 Å². The predicted molar refractivity (Wildman–Crippen MR) is 64.4 cm³/mol. The molecule has 0 bridgehead atoms. The largest absolute Gasteiger partial charge is 0.464 e. The molecule has 2 aromatic rings. The van der Waals surface area contributed by atoms with Crippen LogP contribution >= 0.6 is 0 Å². The summed E-state index contributed by atoms with van der Waals surface area (Å²) in [5.41, 5.74) is 3.74. The fourth-order valence-electron chi connectivity index (χ4n) is 2.05. The van der Waals surface area contributed by atoms with Gasteiger partial charge in [-0.15, -0.1) is 0 Å². The van der Waals surface area contributed by atoms with Crippen LogP contribution in [0.2, 0.25) is 0 Å². The summed E-state index contributed by atoms with van der Waals surface area (Å²) >= 11 is 0. The molecule has 80 valence electrons. The summed E-state index contributed by atoms with van der Waals surface area (Å²) in [6, 6.07) is 6.33. The minimum atomic E-state index is 0.520. The Morgan fingerprint density at radius 2 is 1.60 bits per heavy atom. The van der Waals surface area contributed by atoms with Crippen LogP contribution in [0.4, 0.5) is 0 Å². The average Bonchev–Trinajstić information content (AvgIpc) is 2.60. The first-order valence-corrected chi connectivity index (χ1v) is 5.61. The Hall–Kier alpha value is -1.24. The molecule has 15 heavy (non-hydrogen) atoms. The van der Waals surface area contributed by atoms with Gasteiger partial charge in [0.1, 0.15) is 5.58 Å². The van der Waals surface area contributed by atoms with E-state index in [2.05, 4.69) is 39.8 Å². The number of hydrogen-bond acceptors (Lipinski definition) is 1. The van der Waals surface area contributed by atoms with Crippen LogP contribution in [0.25, 0.3) is 11.0 Å². The highest BCUT2D eigenvalue weighted by Crippen LogP contribution is 2.33. The van der Waals surface area contributed by atoms with E-state index in [-0.39, 0.29) is 0 Å². The second-order valence-corrected chi connectivity index (χ2v) is 4.72. The van der Waals surface area contributed by atoms with Gasteiger partial charge in [-0.05, 0) is 23.5 Å². The minimum Gasteiger partial charge on any atom is -0.464 e. The van der Waals surface area contributed by atoms with Crippen molar-refractivity contribution >= 4 is 11.0 Å². The van der Waals surface area contributed by atoms with E-state index in [1.807, 2.05) is 12.3 Å². The highest BCUT2D eigenvalue weighted by Gasteiger charge is 2.14. The Morgan fingerprint density at radius 1 is 0.933 bits per heavy atom. The number of benzene rings is 1. The molecule has 0 saturated heterocycles. The molecule has 2 rings (SSSR count). The first kappa shape index (κ1) is 10.3. The smallest absolute Gasteiger partial charge is 0.134 e. The third-order valence-corrected chi connectivity index (χ3v) is 2.90. The van der Waals surface area contributed by atoms with Crippen molar-refractivity contribution in [3.8, 4) is 0 Å². The second-order valence-electron chi connectivity index (χ2n) is 4.72. The van der Waals surface area contributed by atoms with Crippen LogP contribution in [0.1, 0.15) is 50.7 Å². The van der Waals surface area contributed by atoms with Gasteiger partial charge in [0.15, 0.2) is 0 Å². The Labute approximate surface area is 91.1 Å². The number of rotatable bonds is 2. The minimum absolute atomic E-state index is 0.520. The molecule has 0 saturated carbocycles. The fraction of sp³-hybridized carbons (Fsp3) is 0.429. The molecular weight excluding hydrogens is 184 g/mol. The number of fused-ring (bicyclic) bond motifs is 1. The van der Waals surface area contributed by atoms with Crippen LogP contribution < -0.4 is 0 Å². The van der Waals surface area contributed by atoms with E-state index in [9.17, 15) is 0 Å². The van der Waals surface area contributed by atoms with Gasteiger partial charge in [0.25, 0.3) is 0 Å². The van der Waals surface area contributed by atoms with Gasteiger partial charge in [0.2, 0.25) is 0 Å². The lowest BCUT2D eigenvalue weighted by molar-refractivity contribution is 0.606. The molecule has 0 atom stereocenters. The van der Waals surface area contributed by atoms with Gasteiger partial charge in [-0.3, -0.25) is 0 Å². The maximum absolute atomic E-state index is 5.60. The van der Waals surface area contributed by atoms with Gasteiger partial charge < -0.3 is 4.42 Å². The van der Waals surface area contributed by atoms with Crippen molar-refractivity contribution in [2.75, 3.05) is 0 Å². The molecule has 0 amide bonds. The molecule has 0 N–H and O–H groups in total. The third kappa shape index (κ3) is 1.67. The summed E-state index contributed by atoms with van der Waals surface area (Å²) in [6.45, 7) is 8.88. The highest BCUT2D eigenvalue weighted by atomic mass is 16.3. The first-order valence-electron chi connectivity index (χ1n) is 5.61. The highest BCUT2D eigenvalue weighted by molar-refractivity contribution is 5.85. The molecule has 0 aliphatic rings. The molecule has 1 nitrogen and oxygen atoms in total. The zero-order chi connectivity index (χ0) is 11.0. The number of furan rings is 1. The van der Waals surface area contributed by atoms with Gasteiger partial charge in [-0.25, -0.2) is 0 Å². The predicted octanol–water partition coefficient (Wildman–Crippen LogP) is 4.68. The number of hydrogen-bond donors (Lipinski definition) is 0. The van der Waals surface area contributed by atoms with Crippen molar-refractivity contribution in [3.05, 3.63) is 35.6 Å². The molecule has 1 heterocycles. The topological polar surface area (TPSA) is 13.1 Å². The van der Waals surface area contributed by atoms with E-state index in [1.165, 1.54) is 16.5 Å². The van der Waals surface area contributed by atoms with E-state index >= 15 is 0 Å². The quantitative estimate of drug-likeness (QED) is 0.689. The maximum Gasteiger partial charge on any atom is 0.134 e. The van der Waals surface area contributed by atoms with Crippen LogP contribution in [-0.4, -0.2) is 0 Å². The zero-order valence-electron chi connectivity index (χ0n) is 9.87. The third-order valence-electron chi connectivity index (χ3n) is 2.90. The Bertz CT molecular complexity index is 463. The molecule has 0 fully saturated rings. The molecule has 0 aliphatic heterocycles. The summed E-state index contributed by atoms with van der Waals surface area (Å²) in [6.07, 6.45) is 1.90. The van der Waals surface area contributed by atoms with E-state index in [0.29, 0.717) is 11.8 Å². The normalized spacial score (nSPS) is 11.9. The van der Waals surface area contributed by atoms with Crippen LogP contribution in [-0.2, 0) is 0 Å². The van der Waals surface area contributed by atoms with Crippen LogP contribution in [0, 0.1) is 0 Å². The second kappa shape index (κ2) is 3.73.